The Bertz CT molecular complexity index is 377. The quantitative estimate of drug-likeness (QED) is 0.754. The van der Waals surface area contributed by atoms with Crippen LogP contribution in [-0.2, 0) is 11.3 Å². The minimum Gasteiger partial charge on any atom is -0.396 e. The number of aliphatic hydroxyl groups excluding tert-OH is 1. The van der Waals surface area contributed by atoms with Gasteiger partial charge in [0.25, 0.3) is 0 Å². The zero-order chi connectivity index (χ0) is 13.4. The first-order chi connectivity index (χ1) is 8.67. The Kier molecular flexibility index (Phi) is 6.44. The molecule has 1 aromatic carbocycles. The van der Waals surface area contributed by atoms with Gasteiger partial charge in [-0.15, -0.1) is 0 Å². The summed E-state index contributed by atoms with van der Waals surface area (Å²) in [6.45, 7) is 5.63. The number of benzene rings is 1. The maximum atomic E-state index is 12.0. The number of hydrogen-bond donors (Lipinski definition) is 1. The van der Waals surface area contributed by atoms with Crippen LogP contribution in [0.5, 0.6) is 0 Å². The van der Waals surface area contributed by atoms with Gasteiger partial charge in [-0.25, -0.2) is 0 Å². The number of carbonyl (C=O) groups is 1. The third-order valence-electron chi connectivity index (χ3n) is 2.99. The van der Waals surface area contributed by atoms with Crippen LogP contribution >= 0.6 is 0 Å². The second kappa shape index (κ2) is 7.88. The summed E-state index contributed by atoms with van der Waals surface area (Å²) in [5, 5.41) is 8.72. The van der Waals surface area contributed by atoms with E-state index >= 15 is 0 Å². The van der Waals surface area contributed by atoms with Crippen molar-refractivity contribution in [1.82, 2.24) is 4.90 Å². The summed E-state index contributed by atoms with van der Waals surface area (Å²) in [5.74, 6) is 0.174. The van der Waals surface area contributed by atoms with E-state index in [2.05, 4.69) is 25.1 Å². The van der Waals surface area contributed by atoms with Crippen LogP contribution in [-0.4, -0.2) is 29.1 Å². The molecule has 0 aliphatic rings. The van der Waals surface area contributed by atoms with Gasteiger partial charge in [-0.1, -0.05) is 29.8 Å². The molecule has 1 aromatic rings. The lowest BCUT2D eigenvalue weighted by molar-refractivity contribution is -0.131. The number of unbranched alkanes of at least 4 members (excludes halogenated alkanes) is 1. The third-order valence-corrected chi connectivity index (χ3v) is 2.99. The molecular weight excluding hydrogens is 226 g/mol. The standard InChI is InChI=1S/C15H23NO2/c1-3-16(15(18)9-4-5-10-17)12-14-8-6-7-13(2)11-14/h6-8,11,17H,3-5,9-10,12H2,1-2H3. The molecule has 0 saturated heterocycles. The number of rotatable bonds is 7. The van der Waals surface area contributed by atoms with Crippen molar-refractivity contribution in [2.75, 3.05) is 13.2 Å². The van der Waals surface area contributed by atoms with Gasteiger partial charge in [0.05, 0.1) is 0 Å². The largest absolute Gasteiger partial charge is 0.396 e. The van der Waals surface area contributed by atoms with Crippen molar-refractivity contribution in [1.29, 1.82) is 0 Å². The smallest absolute Gasteiger partial charge is 0.222 e. The predicted octanol–water partition coefficient (Wildman–Crippen LogP) is 2.51. The van der Waals surface area contributed by atoms with E-state index < -0.39 is 0 Å². The molecule has 3 nitrogen and oxygen atoms in total. The predicted molar refractivity (Wildman–Crippen MR) is 73.2 cm³/mol. The maximum Gasteiger partial charge on any atom is 0.222 e. The lowest BCUT2D eigenvalue weighted by atomic mass is 10.1. The maximum absolute atomic E-state index is 12.0. The number of aryl methyl sites for hydroxylation is 1. The Morgan fingerprint density at radius 3 is 2.72 bits per heavy atom. The molecule has 18 heavy (non-hydrogen) atoms. The number of nitrogens with zero attached hydrogens (tertiary/aromatic N) is 1. The van der Waals surface area contributed by atoms with Crippen LogP contribution < -0.4 is 0 Å². The van der Waals surface area contributed by atoms with Crippen LogP contribution in [0.25, 0.3) is 0 Å². The monoisotopic (exact) mass is 249 g/mol. The number of carbonyl (C=O) groups excluding carboxylic acids is 1. The van der Waals surface area contributed by atoms with Crippen molar-refractivity contribution in [3.8, 4) is 0 Å². The van der Waals surface area contributed by atoms with Crippen molar-refractivity contribution in [3.05, 3.63) is 35.4 Å². The zero-order valence-corrected chi connectivity index (χ0v) is 11.4. The van der Waals surface area contributed by atoms with Gasteiger partial charge in [0.1, 0.15) is 0 Å². The van der Waals surface area contributed by atoms with Crippen LogP contribution in [0.2, 0.25) is 0 Å². The SMILES string of the molecule is CCN(Cc1cccc(C)c1)C(=O)CCCCO. The summed E-state index contributed by atoms with van der Waals surface area (Å²) in [5.41, 5.74) is 2.39. The molecule has 0 unspecified atom stereocenters. The highest BCUT2D eigenvalue weighted by Gasteiger charge is 2.11. The van der Waals surface area contributed by atoms with E-state index in [0.717, 1.165) is 13.0 Å². The van der Waals surface area contributed by atoms with Gasteiger partial charge in [-0.2, -0.15) is 0 Å². The van der Waals surface area contributed by atoms with Crippen molar-refractivity contribution in [2.24, 2.45) is 0 Å². The molecule has 0 atom stereocenters. The summed E-state index contributed by atoms with van der Waals surface area (Å²) in [6, 6.07) is 8.25. The summed E-state index contributed by atoms with van der Waals surface area (Å²) in [7, 11) is 0. The topological polar surface area (TPSA) is 40.5 Å². The van der Waals surface area contributed by atoms with E-state index in [1.54, 1.807) is 0 Å². The van der Waals surface area contributed by atoms with Gasteiger partial charge in [0.15, 0.2) is 0 Å². The fraction of sp³-hybridized carbons (Fsp3) is 0.533. The molecule has 0 radical (unpaired) electrons. The second-order valence-corrected chi connectivity index (χ2v) is 4.58. The zero-order valence-electron chi connectivity index (χ0n) is 11.4. The molecule has 0 aliphatic heterocycles. The molecule has 0 saturated carbocycles. The van der Waals surface area contributed by atoms with E-state index in [9.17, 15) is 4.79 Å². The molecule has 0 bridgehead atoms. The minimum absolute atomic E-state index is 0.164. The second-order valence-electron chi connectivity index (χ2n) is 4.58. The normalized spacial score (nSPS) is 10.4. The number of amides is 1. The van der Waals surface area contributed by atoms with Gasteiger partial charge in [-0.05, 0) is 32.3 Å². The van der Waals surface area contributed by atoms with Crippen LogP contribution in [0, 0.1) is 6.92 Å². The highest BCUT2D eigenvalue weighted by Crippen LogP contribution is 2.09. The van der Waals surface area contributed by atoms with Crippen molar-refractivity contribution < 1.29 is 9.90 Å². The first-order valence-corrected chi connectivity index (χ1v) is 6.61. The van der Waals surface area contributed by atoms with Crippen molar-refractivity contribution in [2.45, 2.75) is 39.7 Å². The molecule has 0 aromatic heterocycles. The van der Waals surface area contributed by atoms with E-state index in [1.807, 2.05) is 17.9 Å². The average Bonchev–Trinajstić information content (AvgIpc) is 2.36. The van der Waals surface area contributed by atoms with Gasteiger partial charge >= 0.3 is 0 Å². The van der Waals surface area contributed by atoms with Gasteiger partial charge in [0.2, 0.25) is 5.91 Å². The molecule has 0 heterocycles. The summed E-state index contributed by atoms with van der Waals surface area (Å²) < 4.78 is 0. The Morgan fingerprint density at radius 1 is 1.33 bits per heavy atom. The van der Waals surface area contributed by atoms with Crippen LogP contribution in [0.15, 0.2) is 24.3 Å². The van der Waals surface area contributed by atoms with Crippen LogP contribution in [0.3, 0.4) is 0 Å². The molecule has 1 N–H and O–H groups in total. The Labute approximate surface area is 109 Å². The summed E-state index contributed by atoms with van der Waals surface area (Å²) in [6.07, 6.45) is 1.99. The van der Waals surface area contributed by atoms with Crippen LogP contribution in [0.1, 0.15) is 37.3 Å². The summed E-state index contributed by atoms with van der Waals surface area (Å²) in [4.78, 5) is 13.8. The Morgan fingerprint density at radius 2 is 2.11 bits per heavy atom. The first-order valence-electron chi connectivity index (χ1n) is 6.61. The minimum atomic E-state index is 0.164. The first kappa shape index (κ1) is 14.7. The molecule has 0 fully saturated rings. The van der Waals surface area contributed by atoms with E-state index in [-0.39, 0.29) is 12.5 Å². The number of hydrogen-bond acceptors (Lipinski definition) is 2. The highest BCUT2D eigenvalue weighted by molar-refractivity contribution is 5.76. The molecule has 1 amide bonds. The molecule has 1 rings (SSSR count). The highest BCUT2D eigenvalue weighted by atomic mass is 16.3. The fourth-order valence-corrected chi connectivity index (χ4v) is 1.95. The molecule has 0 aliphatic carbocycles. The van der Waals surface area contributed by atoms with E-state index in [4.69, 9.17) is 5.11 Å². The van der Waals surface area contributed by atoms with E-state index in [1.165, 1.54) is 11.1 Å². The van der Waals surface area contributed by atoms with Crippen molar-refractivity contribution in [3.63, 3.8) is 0 Å². The van der Waals surface area contributed by atoms with Crippen molar-refractivity contribution >= 4 is 5.91 Å². The van der Waals surface area contributed by atoms with E-state index in [0.29, 0.717) is 19.4 Å². The third kappa shape index (κ3) is 4.88. The average molecular weight is 249 g/mol. The van der Waals surface area contributed by atoms with Gasteiger partial charge in [0, 0.05) is 26.1 Å². The Hall–Kier alpha value is -1.35. The van der Waals surface area contributed by atoms with Crippen LogP contribution in [0.4, 0.5) is 0 Å². The Balaban J connectivity index is 2.53. The van der Waals surface area contributed by atoms with Gasteiger partial charge < -0.3 is 10.0 Å². The molecule has 100 valence electrons. The van der Waals surface area contributed by atoms with Gasteiger partial charge in [-0.3, -0.25) is 4.79 Å². The fourth-order valence-electron chi connectivity index (χ4n) is 1.95. The lowest BCUT2D eigenvalue weighted by Crippen LogP contribution is -2.30. The summed E-state index contributed by atoms with van der Waals surface area (Å²) >= 11 is 0. The molecule has 3 heteroatoms. The number of aliphatic hydroxyl groups is 1. The molecular formula is C15H23NO2. The lowest BCUT2D eigenvalue weighted by Gasteiger charge is -2.21. The molecule has 0 spiro atoms.